The Labute approximate surface area is 96.4 Å². The molecule has 2 aromatic rings. The summed E-state index contributed by atoms with van der Waals surface area (Å²) in [6.45, 7) is 0.360. The third-order valence-corrected chi connectivity index (χ3v) is 1.93. The standard InChI is InChI=1S/C9H10N6O2/c1-15-5-12-8(14-15)4-11-7-3-10-2-6(13-7)9(16)17/h2-3,5H,4H2,1H3,(H,11,13)(H,16,17). The van der Waals surface area contributed by atoms with Gasteiger partial charge in [0.25, 0.3) is 0 Å². The Hall–Kier alpha value is -2.51. The van der Waals surface area contributed by atoms with Crippen molar-refractivity contribution in [2.45, 2.75) is 6.54 Å². The Bertz CT molecular complexity index is 538. The first kappa shape index (κ1) is 11.0. The lowest BCUT2D eigenvalue weighted by Gasteiger charge is -2.02. The lowest BCUT2D eigenvalue weighted by Crippen LogP contribution is -2.07. The summed E-state index contributed by atoms with van der Waals surface area (Å²) in [5.41, 5.74) is -0.107. The molecular weight excluding hydrogens is 224 g/mol. The van der Waals surface area contributed by atoms with Crippen LogP contribution in [0.15, 0.2) is 18.7 Å². The molecule has 8 heteroatoms. The zero-order chi connectivity index (χ0) is 12.3. The minimum Gasteiger partial charge on any atom is -0.476 e. The number of aryl methyl sites for hydroxylation is 1. The van der Waals surface area contributed by atoms with Gasteiger partial charge >= 0.3 is 5.97 Å². The highest BCUT2D eigenvalue weighted by atomic mass is 16.4. The summed E-state index contributed by atoms with van der Waals surface area (Å²) in [5.74, 6) is -0.149. The molecule has 0 aliphatic rings. The third-order valence-electron chi connectivity index (χ3n) is 1.93. The molecular formula is C9H10N6O2. The third kappa shape index (κ3) is 2.74. The fourth-order valence-corrected chi connectivity index (χ4v) is 1.19. The molecule has 0 amide bonds. The van der Waals surface area contributed by atoms with Crippen molar-refractivity contribution in [3.8, 4) is 0 Å². The number of carboxylic acids is 1. The zero-order valence-electron chi connectivity index (χ0n) is 9.03. The van der Waals surface area contributed by atoms with Crippen molar-refractivity contribution in [2.75, 3.05) is 5.32 Å². The number of aromatic nitrogens is 5. The van der Waals surface area contributed by atoms with E-state index >= 15 is 0 Å². The molecule has 0 saturated heterocycles. The summed E-state index contributed by atoms with van der Waals surface area (Å²) in [6, 6.07) is 0. The Morgan fingerprint density at radius 2 is 2.35 bits per heavy atom. The van der Waals surface area contributed by atoms with Crippen LogP contribution in [0.3, 0.4) is 0 Å². The van der Waals surface area contributed by atoms with Gasteiger partial charge in [-0.15, -0.1) is 0 Å². The van der Waals surface area contributed by atoms with Gasteiger partial charge in [-0.3, -0.25) is 9.67 Å². The van der Waals surface area contributed by atoms with Crippen LogP contribution >= 0.6 is 0 Å². The zero-order valence-corrected chi connectivity index (χ0v) is 9.03. The Morgan fingerprint density at radius 1 is 1.53 bits per heavy atom. The van der Waals surface area contributed by atoms with Gasteiger partial charge in [0.2, 0.25) is 0 Å². The molecule has 2 aromatic heterocycles. The van der Waals surface area contributed by atoms with Gasteiger partial charge in [0.1, 0.15) is 12.1 Å². The van der Waals surface area contributed by atoms with Gasteiger partial charge < -0.3 is 10.4 Å². The van der Waals surface area contributed by atoms with Crippen molar-refractivity contribution in [1.82, 2.24) is 24.7 Å². The van der Waals surface area contributed by atoms with E-state index in [1.807, 2.05) is 0 Å². The molecule has 0 unspecified atom stereocenters. The Morgan fingerprint density at radius 3 is 3.00 bits per heavy atom. The van der Waals surface area contributed by atoms with Gasteiger partial charge in [-0.25, -0.2) is 14.8 Å². The number of aromatic carboxylic acids is 1. The highest BCUT2D eigenvalue weighted by Crippen LogP contribution is 2.03. The van der Waals surface area contributed by atoms with Crippen LogP contribution in [-0.2, 0) is 13.6 Å². The van der Waals surface area contributed by atoms with Gasteiger partial charge in [-0.2, -0.15) is 5.10 Å². The summed E-state index contributed by atoms with van der Waals surface area (Å²) in [4.78, 5) is 22.3. The maximum absolute atomic E-state index is 10.7. The fraction of sp³-hybridized carbons (Fsp3) is 0.222. The molecule has 0 radical (unpaired) electrons. The predicted octanol–water partition coefficient (Wildman–Crippen LogP) is -0.0846. The number of nitrogens with zero attached hydrogens (tertiary/aromatic N) is 5. The van der Waals surface area contributed by atoms with Crippen LogP contribution in [0.25, 0.3) is 0 Å². The van der Waals surface area contributed by atoms with Crippen molar-refractivity contribution >= 4 is 11.8 Å². The molecule has 0 saturated carbocycles. The number of nitrogens with one attached hydrogen (secondary N) is 1. The highest BCUT2D eigenvalue weighted by molar-refractivity contribution is 5.85. The maximum atomic E-state index is 10.7. The normalized spacial score (nSPS) is 10.2. The van der Waals surface area contributed by atoms with Crippen molar-refractivity contribution in [1.29, 1.82) is 0 Å². The second-order valence-corrected chi connectivity index (χ2v) is 3.28. The van der Waals surface area contributed by atoms with Crippen molar-refractivity contribution in [3.05, 3.63) is 30.2 Å². The van der Waals surface area contributed by atoms with E-state index in [0.717, 1.165) is 0 Å². The quantitative estimate of drug-likeness (QED) is 0.761. The molecule has 0 bridgehead atoms. The van der Waals surface area contributed by atoms with Crippen LogP contribution in [0.5, 0.6) is 0 Å². The molecule has 0 aliphatic carbocycles. The Balaban J connectivity index is 2.04. The summed E-state index contributed by atoms with van der Waals surface area (Å²) in [6.07, 6.45) is 4.21. The minimum absolute atomic E-state index is 0.107. The lowest BCUT2D eigenvalue weighted by atomic mass is 10.4. The average molecular weight is 234 g/mol. The molecule has 0 atom stereocenters. The van der Waals surface area contributed by atoms with E-state index in [4.69, 9.17) is 5.11 Å². The predicted molar refractivity (Wildman–Crippen MR) is 57.3 cm³/mol. The van der Waals surface area contributed by atoms with E-state index in [2.05, 4.69) is 25.4 Å². The number of rotatable bonds is 4. The number of hydrogen-bond donors (Lipinski definition) is 2. The van der Waals surface area contributed by atoms with Crippen LogP contribution in [-0.4, -0.2) is 35.8 Å². The highest BCUT2D eigenvalue weighted by Gasteiger charge is 2.06. The largest absolute Gasteiger partial charge is 0.476 e. The van der Waals surface area contributed by atoms with Crippen LogP contribution in [0.4, 0.5) is 5.82 Å². The maximum Gasteiger partial charge on any atom is 0.356 e. The first-order chi connectivity index (χ1) is 8.15. The van der Waals surface area contributed by atoms with Gasteiger partial charge in [-0.05, 0) is 0 Å². The van der Waals surface area contributed by atoms with Crippen LogP contribution < -0.4 is 5.32 Å². The van der Waals surface area contributed by atoms with Gasteiger partial charge in [-0.1, -0.05) is 0 Å². The number of anilines is 1. The van der Waals surface area contributed by atoms with Gasteiger partial charge in [0, 0.05) is 7.05 Å². The fourth-order valence-electron chi connectivity index (χ4n) is 1.19. The van der Waals surface area contributed by atoms with E-state index in [-0.39, 0.29) is 5.69 Å². The van der Waals surface area contributed by atoms with Crippen LogP contribution in [0.1, 0.15) is 16.3 Å². The van der Waals surface area contributed by atoms with E-state index in [1.54, 1.807) is 18.1 Å². The number of carboxylic acid groups (broad SMARTS) is 1. The van der Waals surface area contributed by atoms with E-state index in [1.165, 1.54) is 12.4 Å². The van der Waals surface area contributed by atoms with Crippen molar-refractivity contribution in [2.24, 2.45) is 7.05 Å². The van der Waals surface area contributed by atoms with Crippen molar-refractivity contribution < 1.29 is 9.90 Å². The molecule has 2 N–H and O–H groups in total. The van der Waals surface area contributed by atoms with Gasteiger partial charge in [0.15, 0.2) is 11.5 Å². The summed E-state index contributed by atoms with van der Waals surface area (Å²) in [5, 5.41) is 15.7. The number of hydrogen-bond acceptors (Lipinski definition) is 6. The molecule has 0 aliphatic heterocycles. The second kappa shape index (κ2) is 4.56. The topological polar surface area (TPSA) is 106 Å². The van der Waals surface area contributed by atoms with E-state index in [0.29, 0.717) is 18.2 Å². The van der Waals surface area contributed by atoms with Crippen LogP contribution in [0.2, 0.25) is 0 Å². The van der Waals surface area contributed by atoms with Gasteiger partial charge in [0.05, 0.1) is 18.9 Å². The summed E-state index contributed by atoms with van der Waals surface area (Å²) in [7, 11) is 1.77. The first-order valence-electron chi connectivity index (χ1n) is 4.79. The molecule has 17 heavy (non-hydrogen) atoms. The molecule has 0 spiro atoms. The molecule has 2 rings (SSSR count). The van der Waals surface area contributed by atoms with Crippen LogP contribution in [0, 0.1) is 0 Å². The summed E-state index contributed by atoms with van der Waals surface area (Å²) < 4.78 is 1.58. The average Bonchev–Trinajstić information content (AvgIpc) is 2.73. The molecule has 2 heterocycles. The monoisotopic (exact) mass is 234 g/mol. The second-order valence-electron chi connectivity index (χ2n) is 3.28. The van der Waals surface area contributed by atoms with Crippen molar-refractivity contribution in [3.63, 3.8) is 0 Å². The van der Waals surface area contributed by atoms with E-state index in [9.17, 15) is 4.79 Å². The molecule has 0 fully saturated rings. The number of carbonyl (C=O) groups is 1. The molecule has 88 valence electrons. The van der Waals surface area contributed by atoms with E-state index < -0.39 is 5.97 Å². The Kier molecular flexibility index (Phi) is 2.95. The smallest absolute Gasteiger partial charge is 0.356 e. The molecule has 0 aromatic carbocycles. The molecule has 8 nitrogen and oxygen atoms in total. The SMILES string of the molecule is Cn1cnc(CNc2cncc(C(=O)O)n2)n1. The summed E-state index contributed by atoms with van der Waals surface area (Å²) >= 11 is 0. The minimum atomic E-state index is -1.11. The first-order valence-corrected chi connectivity index (χ1v) is 4.79. The lowest BCUT2D eigenvalue weighted by molar-refractivity contribution is 0.0690.